The van der Waals surface area contributed by atoms with Crippen LogP contribution in [-0.4, -0.2) is 22.6 Å². The smallest absolute Gasteiger partial charge is 0.412 e. The van der Waals surface area contributed by atoms with Crippen molar-refractivity contribution in [3.05, 3.63) is 88.0 Å². The molecule has 154 valence electrons. The molecule has 0 fully saturated rings. The molecule has 0 aliphatic rings. The number of nitrogens with zero attached hydrogens (tertiary/aromatic N) is 2. The summed E-state index contributed by atoms with van der Waals surface area (Å²) in [6.07, 6.45) is -0.730. The van der Waals surface area contributed by atoms with E-state index < -0.39 is 17.1 Å². The minimum Gasteiger partial charge on any atom is -0.450 e. The van der Waals surface area contributed by atoms with E-state index in [9.17, 15) is 14.9 Å². The van der Waals surface area contributed by atoms with Gasteiger partial charge in [0.15, 0.2) is 0 Å². The Hall–Kier alpha value is -4.14. The molecular weight excluding hydrogens is 386 g/mol. The summed E-state index contributed by atoms with van der Waals surface area (Å²) in [5.74, 6) is -0.282. The number of rotatable bonds is 7. The zero-order chi connectivity index (χ0) is 21.5. The number of anilines is 3. The van der Waals surface area contributed by atoms with Crippen molar-refractivity contribution in [2.24, 2.45) is 0 Å². The molecule has 1 aromatic heterocycles. The highest BCUT2D eigenvalue weighted by molar-refractivity contribution is 5.86. The maximum absolute atomic E-state index is 11.8. The molecule has 2 aromatic carbocycles. The molecule has 0 atom stereocenters. The van der Waals surface area contributed by atoms with Gasteiger partial charge in [-0.1, -0.05) is 60.7 Å². The van der Waals surface area contributed by atoms with E-state index in [1.54, 1.807) is 6.92 Å². The Balaban J connectivity index is 2.05. The molecule has 3 rings (SSSR count). The molecule has 0 unspecified atom stereocenters. The summed E-state index contributed by atoms with van der Waals surface area (Å²) in [6.45, 7) is 1.83. The lowest BCUT2D eigenvalue weighted by molar-refractivity contribution is -0.383. The van der Waals surface area contributed by atoms with Crippen LogP contribution in [0.25, 0.3) is 0 Å². The van der Waals surface area contributed by atoms with Gasteiger partial charge in [0.05, 0.1) is 17.6 Å². The van der Waals surface area contributed by atoms with Gasteiger partial charge < -0.3 is 15.8 Å². The van der Waals surface area contributed by atoms with E-state index in [0.717, 1.165) is 11.1 Å². The topological polar surface area (TPSA) is 132 Å². The fourth-order valence-electron chi connectivity index (χ4n) is 3.00. The average Bonchev–Trinajstić information content (AvgIpc) is 2.73. The number of ether oxygens (including phenoxy) is 1. The van der Waals surface area contributed by atoms with E-state index in [4.69, 9.17) is 10.5 Å². The van der Waals surface area contributed by atoms with Gasteiger partial charge in [-0.2, -0.15) is 0 Å². The zero-order valence-electron chi connectivity index (χ0n) is 16.2. The van der Waals surface area contributed by atoms with E-state index >= 15 is 0 Å². The van der Waals surface area contributed by atoms with E-state index in [-0.39, 0.29) is 29.6 Å². The number of nitrogens with one attached hydrogen (secondary N) is 2. The SMILES string of the molecule is CCOC(=O)Nc1cc(NC(c2ccccc2)c2ccccc2)c([N+](=O)[O-])c(N)n1. The van der Waals surface area contributed by atoms with Crippen LogP contribution >= 0.6 is 0 Å². The predicted molar refractivity (Wildman–Crippen MR) is 114 cm³/mol. The van der Waals surface area contributed by atoms with Gasteiger partial charge in [-0.25, -0.2) is 9.78 Å². The first-order chi connectivity index (χ1) is 14.5. The summed E-state index contributed by atoms with van der Waals surface area (Å²) < 4.78 is 4.84. The van der Waals surface area contributed by atoms with Crippen molar-refractivity contribution in [1.82, 2.24) is 4.98 Å². The lowest BCUT2D eigenvalue weighted by Gasteiger charge is -2.21. The monoisotopic (exact) mass is 407 g/mol. The Morgan fingerprint density at radius 1 is 1.13 bits per heavy atom. The largest absolute Gasteiger partial charge is 0.450 e. The van der Waals surface area contributed by atoms with Crippen LogP contribution in [0.2, 0.25) is 0 Å². The Morgan fingerprint density at radius 3 is 2.20 bits per heavy atom. The van der Waals surface area contributed by atoms with Crippen LogP contribution in [0, 0.1) is 10.1 Å². The van der Waals surface area contributed by atoms with Crippen molar-refractivity contribution in [2.75, 3.05) is 23.0 Å². The first-order valence-electron chi connectivity index (χ1n) is 9.24. The molecule has 0 aliphatic carbocycles. The number of carbonyl (C=O) groups is 1. The van der Waals surface area contributed by atoms with Gasteiger partial charge >= 0.3 is 11.8 Å². The van der Waals surface area contributed by atoms with Crippen molar-refractivity contribution < 1.29 is 14.5 Å². The third-order valence-corrected chi connectivity index (χ3v) is 4.27. The number of hydrogen-bond donors (Lipinski definition) is 3. The van der Waals surface area contributed by atoms with Gasteiger partial charge in [-0.05, 0) is 18.1 Å². The molecule has 0 spiro atoms. The van der Waals surface area contributed by atoms with Crippen LogP contribution in [0.3, 0.4) is 0 Å². The fourth-order valence-corrected chi connectivity index (χ4v) is 3.00. The van der Waals surface area contributed by atoms with Gasteiger partial charge in [0.2, 0.25) is 5.82 Å². The van der Waals surface area contributed by atoms with Crippen LogP contribution in [0.1, 0.15) is 24.1 Å². The van der Waals surface area contributed by atoms with E-state index in [1.165, 1.54) is 6.07 Å². The lowest BCUT2D eigenvalue weighted by atomic mass is 9.98. The summed E-state index contributed by atoms with van der Waals surface area (Å²) >= 11 is 0. The van der Waals surface area contributed by atoms with Gasteiger partial charge in [0, 0.05) is 6.07 Å². The molecule has 0 saturated carbocycles. The summed E-state index contributed by atoms with van der Waals surface area (Å²) in [6, 6.07) is 19.9. The molecule has 0 bridgehead atoms. The van der Waals surface area contributed by atoms with E-state index in [0.29, 0.717) is 0 Å². The van der Waals surface area contributed by atoms with Crippen molar-refractivity contribution in [3.8, 4) is 0 Å². The Bertz CT molecular complexity index is 989. The number of benzene rings is 2. The number of hydrogen-bond acceptors (Lipinski definition) is 7. The summed E-state index contributed by atoms with van der Waals surface area (Å²) in [7, 11) is 0. The van der Waals surface area contributed by atoms with Crippen molar-refractivity contribution in [2.45, 2.75) is 13.0 Å². The maximum atomic E-state index is 11.8. The first kappa shape index (κ1) is 20.6. The average molecular weight is 407 g/mol. The third-order valence-electron chi connectivity index (χ3n) is 4.27. The summed E-state index contributed by atoms with van der Waals surface area (Å²) in [4.78, 5) is 26.7. The molecule has 9 nitrogen and oxygen atoms in total. The Labute approximate surface area is 173 Å². The number of nitrogen functional groups attached to an aromatic ring is 1. The van der Waals surface area contributed by atoms with Crippen LogP contribution < -0.4 is 16.4 Å². The first-order valence-corrected chi connectivity index (χ1v) is 9.24. The van der Waals surface area contributed by atoms with Gasteiger partial charge in [-0.3, -0.25) is 15.4 Å². The minimum atomic E-state index is -0.730. The molecule has 1 heterocycles. The number of amides is 1. The number of nitro groups is 1. The van der Waals surface area contributed by atoms with Crippen molar-refractivity contribution in [1.29, 1.82) is 0 Å². The molecule has 30 heavy (non-hydrogen) atoms. The second-order valence-electron chi connectivity index (χ2n) is 6.29. The number of carbonyl (C=O) groups excluding carboxylic acids is 1. The van der Waals surface area contributed by atoms with E-state index in [2.05, 4.69) is 15.6 Å². The normalized spacial score (nSPS) is 10.5. The quantitative estimate of drug-likeness (QED) is 0.392. The summed E-state index contributed by atoms with van der Waals surface area (Å²) in [5, 5.41) is 17.3. The van der Waals surface area contributed by atoms with Gasteiger partial charge in [-0.15, -0.1) is 0 Å². The second-order valence-corrected chi connectivity index (χ2v) is 6.29. The Morgan fingerprint density at radius 2 is 1.70 bits per heavy atom. The van der Waals surface area contributed by atoms with Gasteiger partial charge in [0.25, 0.3) is 0 Å². The van der Waals surface area contributed by atoms with Crippen LogP contribution in [0.15, 0.2) is 66.7 Å². The molecule has 0 aliphatic heterocycles. The predicted octanol–water partition coefficient (Wildman–Crippen LogP) is 4.34. The highest BCUT2D eigenvalue weighted by Crippen LogP contribution is 2.36. The molecule has 4 N–H and O–H groups in total. The van der Waals surface area contributed by atoms with Crippen LogP contribution in [0.5, 0.6) is 0 Å². The van der Waals surface area contributed by atoms with Gasteiger partial charge in [0.1, 0.15) is 11.5 Å². The third kappa shape index (κ3) is 4.82. The minimum absolute atomic E-state index is 0.0407. The highest BCUT2D eigenvalue weighted by atomic mass is 16.6. The number of nitrogens with two attached hydrogens (primary N) is 1. The van der Waals surface area contributed by atoms with Crippen molar-refractivity contribution >= 4 is 29.1 Å². The summed E-state index contributed by atoms with van der Waals surface area (Å²) in [5.41, 5.74) is 7.38. The van der Waals surface area contributed by atoms with E-state index in [1.807, 2.05) is 60.7 Å². The molecule has 0 saturated heterocycles. The molecule has 3 aromatic rings. The zero-order valence-corrected chi connectivity index (χ0v) is 16.2. The Kier molecular flexibility index (Phi) is 6.43. The number of aromatic nitrogens is 1. The van der Waals surface area contributed by atoms with Crippen LogP contribution in [-0.2, 0) is 4.74 Å². The highest BCUT2D eigenvalue weighted by Gasteiger charge is 2.25. The van der Waals surface area contributed by atoms with Crippen molar-refractivity contribution in [3.63, 3.8) is 0 Å². The fraction of sp³-hybridized carbons (Fsp3) is 0.143. The molecular formula is C21H21N5O4. The molecule has 0 radical (unpaired) electrons. The maximum Gasteiger partial charge on any atom is 0.412 e. The molecule has 9 heteroatoms. The van der Waals surface area contributed by atoms with Crippen LogP contribution in [0.4, 0.5) is 27.8 Å². The lowest BCUT2D eigenvalue weighted by Crippen LogP contribution is -2.17. The second kappa shape index (κ2) is 9.37. The molecule has 1 amide bonds. The number of pyridine rings is 1. The standard InChI is InChI=1S/C21H21N5O4/c1-2-30-21(27)25-17-13-16(19(26(28)29)20(22)24-17)23-18(14-9-5-3-6-10-14)15-11-7-4-8-12-15/h3-13,18H,2H2,1H3,(H4,22,23,24,25,27).